The molecule has 0 amide bonds. The Labute approximate surface area is 98.6 Å². The van der Waals surface area contributed by atoms with Crippen molar-refractivity contribution in [1.29, 1.82) is 0 Å². The van der Waals surface area contributed by atoms with Gasteiger partial charge in [-0.3, -0.25) is 4.79 Å². The van der Waals surface area contributed by atoms with Crippen LogP contribution < -0.4 is 0 Å². The van der Waals surface area contributed by atoms with Crippen molar-refractivity contribution in [2.75, 3.05) is 0 Å². The Bertz CT molecular complexity index is 362. The molecule has 1 fully saturated rings. The molecule has 0 N–H and O–H groups in total. The lowest BCUT2D eigenvalue weighted by molar-refractivity contribution is -0.104. The Morgan fingerprint density at radius 2 is 2.31 bits per heavy atom. The fourth-order valence-corrected chi connectivity index (χ4v) is 3.53. The number of aldehydes is 1. The van der Waals surface area contributed by atoms with E-state index in [2.05, 4.69) is 19.9 Å². The maximum Gasteiger partial charge on any atom is 0.145 e. The highest BCUT2D eigenvalue weighted by molar-refractivity contribution is 5.73. The lowest BCUT2D eigenvalue weighted by Gasteiger charge is -2.40. The molecule has 0 radical (unpaired) electrons. The molecule has 0 heterocycles. The zero-order valence-electron chi connectivity index (χ0n) is 10.7. The molecule has 1 saturated carbocycles. The number of hydrogen-bond donors (Lipinski definition) is 0. The lowest BCUT2D eigenvalue weighted by atomic mass is 9.65. The molecular weight excluding hydrogens is 196 g/mol. The highest BCUT2D eigenvalue weighted by Gasteiger charge is 2.43. The van der Waals surface area contributed by atoms with Gasteiger partial charge in [0.2, 0.25) is 0 Å². The first-order valence-electron chi connectivity index (χ1n) is 6.41. The van der Waals surface area contributed by atoms with Gasteiger partial charge in [0.05, 0.1) is 0 Å². The predicted octanol–water partition coefficient (Wildman–Crippen LogP) is 4.05. The number of hydrogen-bond acceptors (Lipinski definition) is 1. The summed E-state index contributed by atoms with van der Waals surface area (Å²) in [4.78, 5) is 10.9. The van der Waals surface area contributed by atoms with Gasteiger partial charge in [0.25, 0.3) is 0 Å². The van der Waals surface area contributed by atoms with Crippen molar-refractivity contribution in [2.45, 2.75) is 52.9 Å². The van der Waals surface area contributed by atoms with Crippen LogP contribution in [0.1, 0.15) is 52.9 Å². The van der Waals surface area contributed by atoms with E-state index in [1.807, 2.05) is 6.92 Å². The summed E-state index contributed by atoms with van der Waals surface area (Å²) in [5.74, 6) is 0.773. The van der Waals surface area contributed by atoms with Crippen LogP contribution in [0.15, 0.2) is 22.8 Å². The van der Waals surface area contributed by atoms with Crippen LogP contribution in [0, 0.1) is 11.3 Å². The quantitative estimate of drug-likeness (QED) is 0.368. The monoisotopic (exact) mass is 218 g/mol. The number of rotatable bonds is 1. The van der Waals surface area contributed by atoms with Gasteiger partial charge in [0.15, 0.2) is 0 Å². The van der Waals surface area contributed by atoms with Crippen LogP contribution in [0.2, 0.25) is 0 Å². The topological polar surface area (TPSA) is 17.1 Å². The summed E-state index contributed by atoms with van der Waals surface area (Å²) in [5.41, 5.74) is 4.33. The van der Waals surface area contributed by atoms with Gasteiger partial charge in [-0.05, 0) is 62.9 Å². The van der Waals surface area contributed by atoms with Crippen LogP contribution in [0.4, 0.5) is 0 Å². The Kier molecular flexibility index (Phi) is 3.05. The van der Waals surface area contributed by atoms with Gasteiger partial charge < -0.3 is 0 Å². The maximum atomic E-state index is 10.9. The minimum atomic E-state index is 0.387. The number of carbonyl (C=O) groups is 1. The SMILES string of the molecule is CC1=CCCC(C)[C@@]12CC/C(=C(\C)C=O)C2. The van der Waals surface area contributed by atoms with Gasteiger partial charge in [-0.25, -0.2) is 0 Å². The van der Waals surface area contributed by atoms with Crippen LogP contribution in [-0.4, -0.2) is 6.29 Å². The molecule has 88 valence electrons. The molecule has 2 aliphatic rings. The van der Waals surface area contributed by atoms with Crippen molar-refractivity contribution in [1.82, 2.24) is 0 Å². The molecule has 0 aromatic rings. The molecule has 2 rings (SSSR count). The molecule has 1 nitrogen and oxygen atoms in total. The second kappa shape index (κ2) is 4.20. The molecule has 2 aliphatic carbocycles. The van der Waals surface area contributed by atoms with Crippen molar-refractivity contribution in [2.24, 2.45) is 11.3 Å². The molecule has 16 heavy (non-hydrogen) atoms. The highest BCUT2D eigenvalue weighted by atomic mass is 16.1. The van der Waals surface area contributed by atoms with Crippen molar-refractivity contribution < 1.29 is 4.79 Å². The van der Waals surface area contributed by atoms with E-state index >= 15 is 0 Å². The van der Waals surface area contributed by atoms with Crippen LogP contribution in [0.5, 0.6) is 0 Å². The second-order valence-electron chi connectivity index (χ2n) is 5.60. The zero-order chi connectivity index (χ0) is 11.8. The van der Waals surface area contributed by atoms with E-state index in [0.717, 1.165) is 30.6 Å². The van der Waals surface area contributed by atoms with Gasteiger partial charge >= 0.3 is 0 Å². The largest absolute Gasteiger partial charge is 0.298 e. The lowest BCUT2D eigenvalue weighted by Crippen LogP contribution is -2.29. The summed E-state index contributed by atoms with van der Waals surface area (Å²) in [7, 11) is 0. The molecule has 2 atom stereocenters. The summed E-state index contributed by atoms with van der Waals surface area (Å²) in [6, 6.07) is 0. The van der Waals surface area contributed by atoms with Crippen molar-refractivity contribution >= 4 is 6.29 Å². The maximum absolute atomic E-state index is 10.9. The minimum absolute atomic E-state index is 0.387. The van der Waals surface area contributed by atoms with E-state index in [0.29, 0.717) is 5.41 Å². The van der Waals surface area contributed by atoms with E-state index < -0.39 is 0 Å². The molecular formula is C15H22O. The molecule has 0 bridgehead atoms. The van der Waals surface area contributed by atoms with Crippen LogP contribution in [-0.2, 0) is 4.79 Å². The van der Waals surface area contributed by atoms with Crippen LogP contribution >= 0.6 is 0 Å². The third-order valence-electron chi connectivity index (χ3n) is 4.92. The molecule has 1 spiro atoms. The third-order valence-corrected chi connectivity index (χ3v) is 4.92. The van der Waals surface area contributed by atoms with Gasteiger partial charge in [-0.15, -0.1) is 0 Å². The Morgan fingerprint density at radius 3 is 2.94 bits per heavy atom. The summed E-state index contributed by atoms with van der Waals surface area (Å²) in [6.07, 6.45) is 9.49. The Morgan fingerprint density at radius 1 is 1.56 bits per heavy atom. The van der Waals surface area contributed by atoms with E-state index in [1.165, 1.54) is 24.8 Å². The van der Waals surface area contributed by atoms with Crippen molar-refractivity contribution in [3.8, 4) is 0 Å². The molecule has 1 heteroatoms. The average Bonchev–Trinajstić information content (AvgIpc) is 2.72. The first kappa shape index (κ1) is 11.6. The standard InChI is InChI=1S/C15H22O/c1-11(10-16)14-7-8-15(9-14)12(2)5-4-6-13(15)3/h5,10,13H,4,6-9H2,1-3H3/b14-11-/t13?,15-/m1/s1. The second-order valence-corrected chi connectivity index (χ2v) is 5.60. The molecule has 0 aromatic heterocycles. The summed E-state index contributed by atoms with van der Waals surface area (Å²) in [5, 5.41) is 0. The molecule has 0 aliphatic heterocycles. The summed E-state index contributed by atoms with van der Waals surface area (Å²) in [6.45, 7) is 6.64. The van der Waals surface area contributed by atoms with Gasteiger partial charge in [-0.1, -0.05) is 24.1 Å². The first-order chi connectivity index (χ1) is 7.60. The van der Waals surface area contributed by atoms with Crippen molar-refractivity contribution in [3.05, 3.63) is 22.8 Å². The normalized spacial score (nSPS) is 37.4. The van der Waals surface area contributed by atoms with E-state index in [9.17, 15) is 4.79 Å². The first-order valence-corrected chi connectivity index (χ1v) is 6.41. The van der Waals surface area contributed by atoms with Crippen molar-refractivity contribution in [3.63, 3.8) is 0 Å². The minimum Gasteiger partial charge on any atom is -0.298 e. The smallest absolute Gasteiger partial charge is 0.145 e. The van der Waals surface area contributed by atoms with Crippen LogP contribution in [0.25, 0.3) is 0 Å². The Balaban J connectivity index is 2.32. The Hall–Kier alpha value is -0.850. The van der Waals surface area contributed by atoms with Crippen LogP contribution in [0.3, 0.4) is 0 Å². The van der Waals surface area contributed by atoms with E-state index in [-0.39, 0.29) is 0 Å². The van der Waals surface area contributed by atoms with E-state index in [1.54, 1.807) is 5.57 Å². The van der Waals surface area contributed by atoms with Gasteiger partial charge in [0.1, 0.15) is 6.29 Å². The number of carbonyl (C=O) groups excluding carboxylic acids is 1. The van der Waals surface area contributed by atoms with Gasteiger partial charge in [0, 0.05) is 0 Å². The molecule has 0 aromatic carbocycles. The fraction of sp³-hybridized carbons (Fsp3) is 0.667. The van der Waals surface area contributed by atoms with Gasteiger partial charge in [-0.2, -0.15) is 0 Å². The summed E-state index contributed by atoms with van der Waals surface area (Å²) < 4.78 is 0. The number of allylic oxidation sites excluding steroid dienone is 4. The summed E-state index contributed by atoms with van der Waals surface area (Å²) >= 11 is 0. The molecule has 1 unspecified atom stereocenters. The fourth-order valence-electron chi connectivity index (χ4n) is 3.53. The predicted molar refractivity (Wildman–Crippen MR) is 67.2 cm³/mol. The van der Waals surface area contributed by atoms with E-state index in [4.69, 9.17) is 0 Å². The highest BCUT2D eigenvalue weighted by Crippen LogP contribution is 2.55. The third kappa shape index (κ3) is 1.66. The molecule has 0 saturated heterocycles. The average molecular weight is 218 g/mol. The zero-order valence-corrected chi connectivity index (χ0v) is 10.7.